The van der Waals surface area contributed by atoms with Crippen molar-refractivity contribution in [2.75, 3.05) is 19.6 Å². The molecule has 3 heterocycles. The van der Waals surface area contributed by atoms with Gasteiger partial charge in [0.15, 0.2) is 0 Å². The normalized spacial score (nSPS) is 23.5. The lowest BCUT2D eigenvalue weighted by Gasteiger charge is -2.38. The van der Waals surface area contributed by atoms with Gasteiger partial charge in [-0.05, 0) is 6.92 Å². The van der Waals surface area contributed by atoms with Crippen molar-refractivity contribution in [1.82, 2.24) is 19.4 Å². The fourth-order valence-electron chi connectivity index (χ4n) is 2.84. The van der Waals surface area contributed by atoms with Crippen molar-refractivity contribution in [3.63, 3.8) is 0 Å². The summed E-state index contributed by atoms with van der Waals surface area (Å²) in [4.78, 5) is 30.6. The van der Waals surface area contributed by atoms with Gasteiger partial charge in [-0.15, -0.1) is 0 Å². The maximum absolute atomic E-state index is 12.8. The number of nitrogens with zero attached hydrogens (tertiary/aromatic N) is 4. The van der Waals surface area contributed by atoms with Gasteiger partial charge in [0.05, 0.1) is 19.1 Å². The van der Waals surface area contributed by atoms with E-state index in [1.165, 1.54) is 6.92 Å². The molecule has 6 nitrogen and oxygen atoms in total. The first-order chi connectivity index (χ1) is 9.78. The summed E-state index contributed by atoms with van der Waals surface area (Å²) >= 11 is 0. The first kappa shape index (κ1) is 14.0. The minimum absolute atomic E-state index is 0.0491. The molecule has 3 rings (SSSR count). The van der Waals surface area contributed by atoms with Gasteiger partial charge in [0.2, 0.25) is 5.91 Å². The average Bonchev–Trinajstić information content (AvgIpc) is 2.79. The Hall–Kier alpha value is -1.99. The summed E-state index contributed by atoms with van der Waals surface area (Å²) in [6.07, 6.45) is 1.59. The molecule has 0 spiro atoms. The number of hydrogen-bond donors (Lipinski definition) is 0. The first-order valence-corrected chi connectivity index (χ1v) is 6.80. The van der Waals surface area contributed by atoms with Gasteiger partial charge >= 0.3 is 0 Å². The summed E-state index contributed by atoms with van der Waals surface area (Å²) in [5, 5.41) is 0. The lowest BCUT2D eigenvalue weighted by Crippen LogP contribution is -2.58. The average molecular weight is 298 g/mol. The number of halogens is 2. The Morgan fingerprint density at radius 3 is 2.57 bits per heavy atom. The molecule has 1 aromatic heterocycles. The Labute approximate surface area is 120 Å². The van der Waals surface area contributed by atoms with Crippen LogP contribution in [0.2, 0.25) is 0 Å². The van der Waals surface area contributed by atoms with Crippen LogP contribution in [0.4, 0.5) is 8.78 Å². The monoisotopic (exact) mass is 298 g/mol. The van der Waals surface area contributed by atoms with E-state index in [0.717, 1.165) is 4.90 Å². The van der Waals surface area contributed by atoms with Crippen LogP contribution in [-0.4, -0.2) is 56.7 Å². The molecular formula is C13H16F2N4O2. The number of rotatable bonds is 1. The molecule has 0 bridgehead atoms. The van der Waals surface area contributed by atoms with Crippen molar-refractivity contribution in [2.45, 2.75) is 32.4 Å². The molecule has 2 aliphatic rings. The van der Waals surface area contributed by atoms with E-state index in [9.17, 15) is 18.4 Å². The molecule has 2 amide bonds. The number of fused-ring (bicyclic) bond motifs is 1. The fraction of sp³-hybridized carbons (Fsp3) is 0.615. The van der Waals surface area contributed by atoms with Crippen LogP contribution < -0.4 is 0 Å². The minimum Gasteiger partial charge on any atom is -0.331 e. The predicted octanol–water partition coefficient (Wildman–Crippen LogP) is 0.897. The molecule has 1 atom stereocenters. The third-order valence-corrected chi connectivity index (χ3v) is 3.99. The van der Waals surface area contributed by atoms with Crippen molar-refractivity contribution in [2.24, 2.45) is 0 Å². The van der Waals surface area contributed by atoms with Crippen LogP contribution in [0.15, 0.2) is 6.20 Å². The number of likely N-dealkylation sites (tertiary alicyclic amines) is 1. The second-order valence-electron chi connectivity index (χ2n) is 5.58. The smallest absolute Gasteiger partial charge is 0.282 e. The number of amides is 2. The van der Waals surface area contributed by atoms with Gasteiger partial charge in [0.25, 0.3) is 11.8 Å². The minimum atomic E-state index is -2.78. The van der Waals surface area contributed by atoms with Crippen molar-refractivity contribution >= 4 is 11.8 Å². The molecule has 0 N–H and O–H groups in total. The molecule has 2 aliphatic heterocycles. The van der Waals surface area contributed by atoms with Gasteiger partial charge in [-0.25, -0.2) is 13.8 Å². The maximum Gasteiger partial charge on any atom is 0.282 e. The van der Waals surface area contributed by atoms with Crippen LogP contribution in [0.5, 0.6) is 0 Å². The summed E-state index contributed by atoms with van der Waals surface area (Å²) in [5.74, 6) is -2.70. The molecular weight excluding hydrogens is 282 g/mol. The van der Waals surface area contributed by atoms with E-state index in [-0.39, 0.29) is 17.6 Å². The molecule has 8 heteroatoms. The lowest BCUT2D eigenvalue weighted by atomic mass is 10.1. The summed E-state index contributed by atoms with van der Waals surface area (Å²) < 4.78 is 27.5. The Kier molecular flexibility index (Phi) is 3.00. The maximum atomic E-state index is 12.8. The van der Waals surface area contributed by atoms with Crippen LogP contribution in [0, 0.1) is 0 Å². The highest BCUT2D eigenvalue weighted by Gasteiger charge is 2.47. The number of imidazole rings is 1. The third kappa shape index (κ3) is 2.28. The van der Waals surface area contributed by atoms with Crippen LogP contribution in [0.1, 0.15) is 36.2 Å². The molecule has 0 aliphatic carbocycles. The van der Waals surface area contributed by atoms with E-state index in [0.29, 0.717) is 18.9 Å². The zero-order valence-corrected chi connectivity index (χ0v) is 11.8. The lowest BCUT2D eigenvalue weighted by molar-refractivity contribution is -0.132. The van der Waals surface area contributed by atoms with Crippen LogP contribution in [0.25, 0.3) is 0 Å². The molecule has 21 heavy (non-hydrogen) atoms. The second-order valence-corrected chi connectivity index (χ2v) is 5.58. The van der Waals surface area contributed by atoms with Gasteiger partial charge < -0.3 is 14.4 Å². The van der Waals surface area contributed by atoms with E-state index in [4.69, 9.17) is 0 Å². The Balaban J connectivity index is 1.80. The zero-order chi connectivity index (χ0) is 15.4. The molecule has 0 radical (unpaired) electrons. The van der Waals surface area contributed by atoms with Crippen molar-refractivity contribution in [1.29, 1.82) is 0 Å². The van der Waals surface area contributed by atoms with Crippen LogP contribution >= 0.6 is 0 Å². The standard InChI is InChI=1S/C13H16F2N4O2/c1-8-11-16-10(12(21)18-6-13(14,15)7-18)5-17(11)3-4-19(8)9(2)20/h5,8H,3-4,6-7H2,1-2H3/t8-/m1/s1. The topological polar surface area (TPSA) is 58.4 Å². The highest BCUT2D eigenvalue weighted by molar-refractivity contribution is 5.93. The molecule has 0 unspecified atom stereocenters. The highest BCUT2D eigenvalue weighted by Crippen LogP contribution is 2.29. The van der Waals surface area contributed by atoms with Crippen LogP contribution in [-0.2, 0) is 11.3 Å². The van der Waals surface area contributed by atoms with Gasteiger partial charge in [0.1, 0.15) is 11.5 Å². The Morgan fingerprint density at radius 1 is 1.33 bits per heavy atom. The molecule has 1 saturated heterocycles. The van der Waals surface area contributed by atoms with Gasteiger partial charge in [0, 0.05) is 26.2 Å². The summed E-state index contributed by atoms with van der Waals surface area (Å²) in [6, 6.07) is -0.226. The van der Waals surface area contributed by atoms with Crippen molar-refractivity contribution in [3.8, 4) is 0 Å². The summed E-state index contributed by atoms with van der Waals surface area (Å²) in [6.45, 7) is 3.33. The first-order valence-electron chi connectivity index (χ1n) is 6.80. The molecule has 0 aromatic carbocycles. The zero-order valence-electron chi connectivity index (χ0n) is 11.8. The van der Waals surface area contributed by atoms with Crippen LogP contribution in [0.3, 0.4) is 0 Å². The number of carbonyl (C=O) groups is 2. The number of carbonyl (C=O) groups excluding carboxylic acids is 2. The Bertz CT molecular complexity index is 605. The fourth-order valence-corrected chi connectivity index (χ4v) is 2.84. The van der Waals surface area contributed by atoms with E-state index in [1.807, 2.05) is 11.5 Å². The summed E-state index contributed by atoms with van der Waals surface area (Å²) in [7, 11) is 0. The quantitative estimate of drug-likeness (QED) is 0.774. The highest BCUT2D eigenvalue weighted by atomic mass is 19.3. The van der Waals surface area contributed by atoms with Gasteiger partial charge in [-0.1, -0.05) is 0 Å². The van der Waals surface area contributed by atoms with Gasteiger partial charge in [-0.2, -0.15) is 0 Å². The van der Waals surface area contributed by atoms with Crippen molar-refractivity contribution in [3.05, 3.63) is 17.7 Å². The van der Waals surface area contributed by atoms with E-state index >= 15 is 0 Å². The third-order valence-electron chi connectivity index (χ3n) is 3.99. The number of hydrogen-bond acceptors (Lipinski definition) is 3. The second kappa shape index (κ2) is 4.51. The molecule has 1 aromatic rings. The van der Waals surface area contributed by atoms with E-state index in [1.54, 1.807) is 11.1 Å². The number of aromatic nitrogens is 2. The van der Waals surface area contributed by atoms with E-state index in [2.05, 4.69) is 4.98 Å². The van der Waals surface area contributed by atoms with Crippen molar-refractivity contribution < 1.29 is 18.4 Å². The van der Waals surface area contributed by atoms with Gasteiger partial charge in [-0.3, -0.25) is 9.59 Å². The van der Waals surface area contributed by atoms with E-state index < -0.39 is 24.9 Å². The molecule has 114 valence electrons. The largest absolute Gasteiger partial charge is 0.331 e. The molecule has 0 saturated carbocycles. The Morgan fingerprint density at radius 2 is 2.00 bits per heavy atom. The predicted molar refractivity (Wildman–Crippen MR) is 68.9 cm³/mol. The number of alkyl halides is 2. The summed E-state index contributed by atoms with van der Waals surface area (Å²) in [5.41, 5.74) is 0.165. The SMILES string of the molecule is CC(=O)N1CCn2cc(C(=O)N3CC(F)(F)C3)nc2[C@H]1C. The molecule has 1 fully saturated rings.